The molecule has 0 saturated heterocycles. The lowest BCUT2D eigenvalue weighted by molar-refractivity contribution is -0.126. The number of carbonyl (C=O) groups excluding carboxylic acids is 1. The number of aliphatic hydroxyl groups is 1. The number of hydrogen-bond acceptors (Lipinski definition) is 5. The molecule has 0 fully saturated rings. The van der Waals surface area contributed by atoms with Crippen molar-refractivity contribution in [2.24, 2.45) is 4.99 Å². The van der Waals surface area contributed by atoms with E-state index < -0.39 is 11.6 Å². The van der Waals surface area contributed by atoms with Crippen LogP contribution in [0, 0.1) is 0 Å². The minimum absolute atomic E-state index is 0.0893. The van der Waals surface area contributed by atoms with Gasteiger partial charge >= 0.3 is 0 Å². The first-order chi connectivity index (χ1) is 17.2. The third-order valence-corrected chi connectivity index (χ3v) is 6.39. The van der Waals surface area contributed by atoms with Gasteiger partial charge in [0, 0.05) is 37.1 Å². The van der Waals surface area contributed by atoms with Crippen LogP contribution in [0.2, 0.25) is 0 Å². The summed E-state index contributed by atoms with van der Waals surface area (Å²) in [5.74, 6) is 1.05. The first kappa shape index (κ1) is 22.9. The third kappa shape index (κ3) is 4.21. The minimum Gasteiger partial charge on any atom is -0.494 e. The van der Waals surface area contributed by atoms with E-state index in [0.717, 1.165) is 22.4 Å². The topological polar surface area (TPSA) is 71.4 Å². The first-order valence-corrected chi connectivity index (χ1v) is 11.8. The summed E-state index contributed by atoms with van der Waals surface area (Å²) in [5.41, 5.74) is 2.44. The maximum atomic E-state index is 14.1. The quantitative estimate of drug-likeness (QED) is 0.371. The van der Waals surface area contributed by atoms with E-state index in [1.54, 1.807) is 11.0 Å². The Morgan fingerprint density at radius 3 is 2.54 bits per heavy atom. The minimum atomic E-state index is -1.12. The van der Waals surface area contributed by atoms with Crippen molar-refractivity contribution in [1.82, 2.24) is 0 Å². The van der Waals surface area contributed by atoms with E-state index >= 15 is 0 Å². The summed E-state index contributed by atoms with van der Waals surface area (Å²) in [6, 6.07) is 25.3. The molecule has 0 bridgehead atoms. The summed E-state index contributed by atoms with van der Waals surface area (Å²) in [6.07, 6.45) is 2.19. The van der Waals surface area contributed by atoms with Gasteiger partial charge in [-0.05, 0) is 35.9 Å². The van der Waals surface area contributed by atoms with Crippen molar-refractivity contribution in [3.05, 3.63) is 108 Å². The molecule has 0 radical (unpaired) electrons. The number of hydrogen-bond donors (Lipinski definition) is 1. The van der Waals surface area contributed by atoms with Crippen LogP contribution in [-0.2, 0) is 16.0 Å². The Morgan fingerprint density at radius 2 is 1.80 bits per heavy atom. The van der Waals surface area contributed by atoms with E-state index in [0.29, 0.717) is 37.6 Å². The first-order valence-electron chi connectivity index (χ1n) is 11.8. The van der Waals surface area contributed by atoms with E-state index in [9.17, 15) is 4.79 Å². The molecule has 3 aromatic carbocycles. The zero-order valence-corrected chi connectivity index (χ0v) is 19.5. The molecule has 0 unspecified atom stereocenters. The second-order valence-corrected chi connectivity index (χ2v) is 8.71. The number of ether oxygens (including phenoxy) is 2. The van der Waals surface area contributed by atoms with E-state index in [1.807, 2.05) is 78.9 Å². The van der Waals surface area contributed by atoms with Gasteiger partial charge in [-0.3, -0.25) is 4.79 Å². The fourth-order valence-electron chi connectivity index (χ4n) is 4.76. The molecule has 178 valence electrons. The Labute approximate surface area is 205 Å². The van der Waals surface area contributed by atoms with Crippen molar-refractivity contribution in [3.8, 4) is 5.75 Å². The molecular weight excluding hydrogens is 440 g/mol. The second kappa shape index (κ2) is 9.76. The van der Waals surface area contributed by atoms with Crippen molar-refractivity contribution in [1.29, 1.82) is 0 Å². The van der Waals surface area contributed by atoms with Gasteiger partial charge in [0.25, 0.3) is 5.91 Å². The highest BCUT2D eigenvalue weighted by Gasteiger charge is 2.58. The fraction of sp³-hybridized carbons (Fsp3) is 0.241. The lowest BCUT2D eigenvalue weighted by Crippen LogP contribution is -2.55. The number of carbonyl (C=O) groups is 1. The van der Waals surface area contributed by atoms with Crippen LogP contribution in [0.1, 0.15) is 29.2 Å². The van der Waals surface area contributed by atoms with Crippen molar-refractivity contribution >= 4 is 17.5 Å². The highest BCUT2D eigenvalue weighted by molar-refractivity contribution is 6.09. The largest absolute Gasteiger partial charge is 0.494 e. The van der Waals surface area contributed by atoms with Gasteiger partial charge in [-0.2, -0.15) is 0 Å². The summed E-state index contributed by atoms with van der Waals surface area (Å²) < 4.78 is 12.1. The highest BCUT2D eigenvalue weighted by Crippen LogP contribution is 2.50. The predicted molar refractivity (Wildman–Crippen MR) is 136 cm³/mol. The van der Waals surface area contributed by atoms with Crippen LogP contribution in [0.4, 0.5) is 5.69 Å². The van der Waals surface area contributed by atoms with E-state index in [2.05, 4.69) is 6.58 Å². The molecule has 2 atom stereocenters. The SMILES string of the molecule is C=CCN1C(=O)[C@@]2(Cc3ccccc3)N=C(c3ccc(OCCCO)cc3)O[C@H]2c2ccccc21. The van der Waals surface area contributed by atoms with Gasteiger partial charge in [0.2, 0.25) is 5.90 Å². The number of anilines is 1. The smallest absolute Gasteiger partial charge is 0.259 e. The van der Waals surface area contributed by atoms with E-state index in [1.165, 1.54) is 0 Å². The molecule has 3 aromatic rings. The number of fused-ring (bicyclic) bond motifs is 3. The zero-order valence-electron chi connectivity index (χ0n) is 19.5. The van der Waals surface area contributed by atoms with Crippen LogP contribution >= 0.6 is 0 Å². The lowest BCUT2D eigenvalue weighted by atomic mass is 9.78. The summed E-state index contributed by atoms with van der Waals surface area (Å²) in [5, 5.41) is 8.96. The number of benzene rings is 3. The van der Waals surface area contributed by atoms with Gasteiger partial charge in [-0.25, -0.2) is 4.99 Å². The summed E-state index contributed by atoms with van der Waals surface area (Å²) in [7, 11) is 0. The average Bonchev–Trinajstić information content (AvgIpc) is 3.28. The molecule has 5 rings (SSSR count). The van der Waals surface area contributed by atoms with Gasteiger partial charge in [-0.15, -0.1) is 6.58 Å². The van der Waals surface area contributed by atoms with E-state index in [-0.39, 0.29) is 12.5 Å². The van der Waals surface area contributed by atoms with Gasteiger partial charge < -0.3 is 19.5 Å². The molecule has 0 spiro atoms. The molecule has 2 aliphatic rings. The molecule has 1 N–H and O–H groups in total. The number of para-hydroxylation sites is 1. The number of amides is 1. The van der Waals surface area contributed by atoms with Crippen molar-refractivity contribution in [2.45, 2.75) is 24.5 Å². The normalized spacial score (nSPS) is 20.5. The molecule has 35 heavy (non-hydrogen) atoms. The highest BCUT2D eigenvalue weighted by atomic mass is 16.5. The standard InChI is InChI=1S/C29H28N2O4/c1-2-17-31-25-12-7-6-11-24(25)26-29(28(31)33,20-21-9-4-3-5-10-21)30-27(35-26)22-13-15-23(16-14-22)34-19-8-18-32/h2-7,9-16,26,32H,1,8,17-20H2/t26-,29-/m0/s1. The fourth-order valence-corrected chi connectivity index (χ4v) is 4.76. The summed E-state index contributed by atoms with van der Waals surface area (Å²) in [4.78, 5) is 20.9. The summed E-state index contributed by atoms with van der Waals surface area (Å²) in [6.45, 7) is 4.79. The number of nitrogens with zero attached hydrogens (tertiary/aromatic N) is 2. The maximum Gasteiger partial charge on any atom is 0.259 e. The van der Waals surface area contributed by atoms with Gasteiger partial charge in [0.1, 0.15) is 5.75 Å². The van der Waals surface area contributed by atoms with Crippen LogP contribution in [-0.4, -0.2) is 42.2 Å². The number of rotatable bonds is 9. The van der Waals surface area contributed by atoms with Crippen LogP contribution in [0.15, 0.2) is 96.5 Å². The third-order valence-electron chi connectivity index (χ3n) is 6.39. The van der Waals surface area contributed by atoms with Crippen LogP contribution < -0.4 is 9.64 Å². The molecule has 6 heteroatoms. The lowest BCUT2D eigenvalue weighted by Gasteiger charge is -2.41. The van der Waals surface area contributed by atoms with Gasteiger partial charge in [0.15, 0.2) is 11.6 Å². The predicted octanol–water partition coefficient (Wildman–Crippen LogP) is 4.48. The van der Waals surface area contributed by atoms with E-state index in [4.69, 9.17) is 19.6 Å². The van der Waals surface area contributed by atoms with Gasteiger partial charge in [0.05, 0.1) is 12.3 Å². The molecule has 0 aliphatic carbocycles. The molecular formula is C29H28N2O4. The van der Waals surface area contributed by atoms with Crippen molar-refractivity contribution in [3.63, 3.8) is 0 Å². The molecule has 0 aromatic heterocycles. The monoisotopic (exact) mass is 468 g/mol. The molecule has 6 nitrogen and oxygen atoms in total. The van der Waals surface area contributed by atoms with Crippen LogP contribution in [0.25, 0.3) is 0 Å². The number of aliphatic hydroxyl groups excluding tert-OH is 1. The van der Waals surface area contributed by atoms with Gasteiger partial charge in [-0.1, -0.05) is 54.6 Å². The molecule has 2 heterocycles. The Morgan fingerprint density at radius 1 is 1.06 bits per heavy atom. The van der Waals surface area contributed by atoms with Crippen LogP contribution in [0.5, 0.6) is 5.75 Å². The molecule has 1 amide bonds. The van der Waals surface area contributed by atoms with Crippen LogP contribution in [0.3, 0.4) is 0 Å². The van der Waals surface area contributed by atoms with Crippen molar-refractivity contribution < 1.29 is 19.4 Å². The summed E-state index contributed by atoms with van der Waals surface area (Å²) >= 11 is 0. The Bertz CT molecular complexity index is 1240. The maximum absolute atomic E-state index is 14.1. The Balaban J connectivity index is 1.57. The Hall–Kier alpha value is -3.90. The number of aliphatic imine (C=N–C) groups is 1. The zero-order chi connectivity index (χ0) is 24.3. The molecule has 2 aliphatic heterocycles. The average molecular weight is 469 g/mol. The van der Waals surface area contributed by atoms with Crippen molar-refractivity contribution in [2.75, 3.05) is 24.7 Å². The second-order valence-electron chi connectivity index (χ2n) is 8.71. The Kier molecular flexibility index (Phi) is 6.38. The molecule has 0 saturated carbocycles.